The number of rotatable bonds is 3. The van der Waals surface area contributed by atoms with Crippen LogP contribution in [0.3, 0.4) is 0 Å². The van der Waals surface area contributed by atoms with Crippen molar-refractivity contribution in [2.75, 3.05) is 13.1 Å². The van der Waals surface area contributed by atoms with E-state index in [0.29, 0.717) is 23.9 Å². The number of benzene rings is 1. The largest absolute Gasteiger partial charge is 0.481 e. The maximum atomic E-state index is 12.6. The number of hydrogen-bond donors (Lipinski definition) is 1. The highest BCUT2D eigenvalue weighted by Crippen LogP contribution is 2.30. The monoisotopic (exact) mass is 425 g/mol. The molecule has 0 unspecified atom stereocenters. The predicted molar refractivity (Wildman–Crippen MR) is 81.0 cm³/mol. The highest BCUT2D eigenvalue weighted by molar-refractivity contribution is 9.11. The Balaban J connectivity index is 2.32. The Labute approximate surface area is 134 Å². The van der Waals surface area contributed by atoms with E-state index >= 15 is 0 Å². The van der Waals surface area contributed by atoms with Crippen molar-refractivity contribution < 1.29 is 18.3 Å². The summed E-state index contributed by atoms with van der Waals surface area (Å²) in [6.45, 7) is 0.384. The Morgan fingerprint density at radius 1 is 1.35 bits per heavy atom. The maximum absolute atomic E-state index is 12.6. The third kappa shape index (κ3) is 3.24. The van der Waals surface area contributed by atoms with Gasteiger partial charge in [-0.25, -0.2) is 8.42 Å². The van der Waals surface area contributed by atoms with E-state index in [1.165, 1.54) is 10.4 Å². The molecule has 0 aromatic heterocycles. The Morgan fingerprint density at radius 2 is 2.05 bits per heavy atom. The molecule has 1 N–H and O–H groups in total. The molecule has 8 heteroatoms. The number of halogens is 2. The Hall–Kier alpha value is -0.440. The molecule has 1 fully saturated rings. The van der Waals surface area contributed by atoms with Crippen LogP contribution in [0.5, 0.6) is 0 Å². The lowest BCUT2D eigenvalue weighted by Crippen LogP contribution is -2.42. The molecule has 1 aliphatic heterocycles. The SMILES string of the molecule is O=C(O)[C@H]1CCCN(S(=O)(=O)c2ccc(Br)cc2Br)C1. The molecule has 0 bridgehead atoms. The van der Waals surface area contributed by atoms with Crippen molar-refractivity contribution in [3.63, 3.8) is 0 Å². The number of nitrogens with zero attached hydrogens (tertiary/aromatic N) is 1. The van der Waals surface area contributed by atoms with E-state index in [-0.39, 0.29) is 11.4 Å². The topological polar surface area (TPSA) is 74.7 Å². The van der Waals surface area contributed by atoms with Gasteiger partial charge in [-0.3, -0.25) is 4.79 Å². The summed E-state index contributed by atoms with van der Waals surface area (Å²) in [5.74, 6) is -1.58. The van der Waals surface area contributed by atoms with Crippen LogP contribution in [-0.4, -0.2) is 36.9 Å². The van der Waals surface area contributed by atoms with Crippen LogP contribution < -0.4 is 0 Å². The van der Waals surface area contributed by atoms with Gasteiger partial charge in [-0.2, -0.15) is 4.31 Å². The zero-order chi connectivity index (χ0) is 14.9. The van der Waals surface area contributed by atoms with Crippen LogP contribution in [0.1, 0.15) is 12.8 Å². The molecule has 1 heterocycles. The van der Waals surface area contributed by atoms with Crippen LogP contribution in [-0.2, 0) is 14.8 Å². The fourth-order valence-corrected chi connectivity index (χ4v) is 5.42. The smallest absolute Gasteiger partial charge is 0.307 e. The van der Waals surface area contributed by atoms with E-state index in [4.69, 9.17) is 5.11 Å². The highest BCUT2D eigenvalue weighted by atomic mass is 79.9. The molecular weight excluding hydrogens is 414 g/mol. The van der Waals surface area contributed by atoms with E-state index < -0.39 is 21.9 Å². The first-order chi connectivity index (χ1) is 9.32. The number of aliphatic carboxylic acids is 1. The summed E-state index contributed by atoms with van der Waals surface area (Å²) >= 11 is 6.51. The third-order valence-electron chi connectivity index (χ3n) is 3.25. The molecule has 1 aromatic carbocycles. The molecule has 1 saturated heterocycles. The highest BCUT2D eigenvalue weighted by Gasteiger charge is 2.34. The van der Waals surface area contributed by atoms with Crippen molar-refractivity contribution >= 4 is 47.9 Å². The Morgan fingerprint density at radius 3 is 2.65 bits per heavy atom. The van der Waals surface area contributed by atoms with Gasteiger partial charge in [0.05, 0.1) is 10.8 Å². The third-order valence-corrected chi connectivity index (χ3v) is 6.58. The zero-order valence-electron chi connectivity index (χ0n) is 10.4. The molecule has 110 valence electrons. The lowest BCUT2D eigenvalue weighted by molar-refractivity contribution is -0.142. The fraction of sp³-hybridized carbons (Fsp3) is 0.417. The number of carboxylic acids is 1. The van der Waals surface area contributed by atoms with Crippen LogP contribution >= 0.6 is 31.9 Å². The minimum absolute atomic E-state index is 0.0279. The lowest BCUT2D eigenvalue weighted by atomic mass is 10.0. The van der Waals surface area contributed by atoms with E-state index in [1.807, 2.05) is 0 Å². The molecule has 20 heavy (non-hydrogen) atoms. The van der Waals surface area contributed by atoms with Crippen LogP contribution in [0.4, 0.5) is 0 Å². The van der Waals surface area contributed by atoms with Gasteiger partial charge >= 0.3 is 5.97 Å². The molecule has 1 atom stereocenters. The first-order valence-electron chi connectivity index (χ1n) is 6.00. The van der Waals surface area contributed by atoms with Crippen molar-refractivity contribution in [3.05, 3.63) is 27.1 Å². The average Bonchev–Trinajstić information content (AvgIpc) is 2.38. The Kier molecular flexibility index (Phi) is 4.88. The van der Waals surface area contributed by atoms with Crippen molar-refractivity contribution in [3.8, 4) is 0 Å². The van der Waals surface area contributed by atoms with E-state index in [0.717, 1.165) is 4.47 Å². The number of sulfonamides is 1. The second-order valence-electron chi connectivity index (χ2n) is 4.62. The number of piperidine rings is 1. The summed E-state index contributed by atoms with van der Waals surface area (Å²) in [5.41, 5.74) is 0. The molecule has 2 rings (SSSR count). The van der Waals surface area contributed by atoms with Gasteiger partial charge in [0.25, 0.3) is 0 Å². The van der Waals surface area contributed by atoms with Crippen molar-refractivity contribution in [2.24, 2.45) is 5.92 Å². The average molecular weight is 427 g/mol. The van der Waals surface area contributed by atoms with Crippen molar-refractivity contribution in [1.82, 2.24) is 4.31 Å². The predicted octanol–water partition coefficient (Wildman–Crippen LogP) is 2.70. The zero-order valence-corrected chi connectivity index (χ0v) is 14.4. The summed E-state index contributed by atoms with van der Waals surface area (Å²) < 4.78 is 27.6. The minimum atomic E-state index is -3.67. The van der Waals surface area contributed by atoms with Gasteiger partial charge in [0.1, 0.15) is 0 Å². The quantitative estimate of drug-likeness (QED) is 0.806. The molecular formula is C12H13Br2NO4S. The molecule has 0 amide bonds. The molecule has 5 nitrogen and oxygen atoms in total. The molecule has 1 aliphatic rings. The summed E-state index contributed by atoms with van der Waals surface area (Å²) in [7, 11) is -3.67. The summed E-state index contributed by atoms with van der Waals surface area (Å²) in [4.78, 5) is 11.2. The van der Waals surface area contributed by atoms with Gasteiger partial charge < -0.3 is 5.11 Å². The van der Waals surface area contributed by atoms with Crippen molar-refractivity contribution in [2.45, 2.75) is 17.7 Å². The van der Waals surface area contributed by atoms with Crippen LogP contribution in [0.15, 0.2) is 32.0 Å². The van der Waals surface area contributed by atoms with Crippen LogP contribution in [0.2, 0.25) is 0 Å². The second-order valence-corrected chi connectivity index (χ2v) is 8.29. The van der Waals surface area contributed by atoms with Gasteiger partial charge in [0.2, 0.25) is 10.0 Å². The first-order valence-corrected chi connectivity index (χ1v) is 9.03. The molecule has 0 radical (unpaired) electrons. The molecule has 0 saturated carbocycles. The van der Waals surface area contributed by atoms with Crippen molar-refractivity contribution in [1.29, 1.82) is 0 Å². The normalized spacial score (nSPS) is 20.8. The van der Waals surface area contributed by atoms with Gasteiger partial charge in [0, 0.05) is 22.0 Å². The van der Waals surface area contributed by atoms with Gasteiger partial charge in [0.15, 0.2) is 0 Å². The number of hydrogen-bond acceptors (Lipinski definition) is 3. The first kappa shape index (κ1) is 15.9. The number of carbonyl (C=O) groups is 1. The fourth-order valence-electron chi connectivity index (χ4n) is 2.19. The van der Waals surface area contributed by atoms with E-state index in [2.05, 4.69) is 31.9 Å². The Bertz CT molecular complexity index is 632. The molecule has 0 spiro atoms. The van der Waals surface area contributed by atoms with Gasteiger partial charge in [-0.15, -0.1) is 0 Å². The maximum Gasteiger partial charge on any atom is 0.307 e. The summed E-state index contributed by atoms with van der Waals surface area (Å²) in [6, 6.07) is 4.82. The number of carboxylic acid groups (broad SMARTS) is 1. The van der Waals surface area contributed by atoms with Crippen LogP contribution in [0, 0.1) is 5.92 Å². The molecule has 1 aromatic rings. The second kappa shape index (κ2) is 6.13. The summed E-state index contributed by atoms with van der Waals surface area (Å²) in [6.07, 6.45) is 1.08. The van der Waals surface area contributed by atoms with E-state index in [1.54, 1.807) is 12.1 Å². The minimum Gasteiger partial charge on any atom is -0.481 e. The standard InChI is InChI=1S/C12H13Br2NO4S/c13-9-3-4-11(10(14)6-9)20(18,19)15-5-1-2-8(7-15)12(16)17/h3-4,6,8H,1-2,5,7H2,(H,16,17)/t8-/m0/s1. The van der Waals surface area contributed by atoms with E-state index in [9.17, 15) is 13.2 Å². The van der Waals surface area contributed by atoms with Crippen LogP contribution in [0.25, 0.3) is 0 Å². The van der Waals surface area contributed by atoms with Gasteiger partial charge in [-0.05, 0) is 47.0 Å². The summed E-state index contributed by atoms with van der Waals surface area (Å²) in [5, 5.41) is 9.05. The molecule has 0 aliphatic carbocycles. The lowest BCUT2D eigenvalue weighted by Gasteiger charge is -2.30. The van der Waals surface area contributed by atoms with Gasteiger partial charge in [-0.1, -0.05) is 15.9 Å².